The average Bonchev–Trinajstić information content (AvgIpc) is 2.81. The van der Waals surface area contributed by atoms with Crippen LogP contribution in [0.1, 0.15) is 89.4 Å². The van der Waals surface area contributed by atoms with Crippen molar-refractivity contribution in [3.8, 4) is 0 Å². The van der Waals surface area contributed by atoms with Crippen molar-refractivity contribution in [1.29, 1.82) is 0 Å². The Labute approximate surface area is 143 Å². The van der Waals surface area contributed by atoms with E-state index in [4.69, 9.17) is 0 Å². The zero-order valence-electron chi connectivity index (χ0n) is 15.8. The maximum Gasteiger partial charge on any atom is 0.0490 e. The number of aromatic nitrogens is 1. The predicted molar refractivity (Wildman–Crippen MR) is 108 cm³/mol. The highest BCUT2D eigenvalue weighted by Crippen LogP contribution is 2.33. The maximum atomic E-state index is 2.51. The molecule has 1 nitrogen and oxygen atoms in total. The van der Waals surface area contributed by atoms with Gasteiger partial charge < -0.3 is 4.57 Å². The fraction of sp³-hybridized carbons (Fsp3) is 0.455. The molecule has 0 spiro atoms. The van der Waals surface area contributed by atoms with Gasteiger partial charge in [-0.25, -0.2) is 0 Å². The van der Waals surface area contributed by atoms with Crippen molar-refractivity contribution in [3.05, 3.63) is 46.8 Å². The number of hydrogen-bond donors (Lipinski definition) is 0. The van der Waals surface area contributed by atoms with Crippen LogP contribution in [0.25, 0.3) is 24.3 Å². The van der Waals surface area contributed by atoms with Crippen molar-refractivity contribution in [2.45, 2.75) is 66.8 Å². The first kappa shape index (κ1) is 19.3. The van der Waals surface area contributed by atoms with Crippen LogP contribution >= 0.6 is 0 Å². The largest absolute Gasteiger partial charge is 0.338 e. The molecule has 0 amide bonds. The SMILES string of the molecule is C/C=C\c1c(/C=C\C)c(/C=C\C)n(C(C)CCCC)c1/C=C\C. The molecular weight excluding hydrogens is 278 g/mol. The number of hydrogen-bond acceptors (Lipinski definition) is 0. The molecule has 1 heterocycles. The lowest BCUT2D eigenvalue weighted by molar-refractivity contribution is 0.482. The quantitative estimate of drug-likeness (QED) is 0.472. The van der Waals surface area contributed by atoms with Crippen molar-refractivity contribution in [3.63, 3.8) is 0 Å². The number of rotatable bonds is 8. The molecule has 0 aliphatic carbocycles. The topological polar surface area (TPSA) is 4.93 Å². The fourth-order valence-electron chi connectivity index (χ4n) is 3.11. The van der Waals surface area contributed by atoms with Crippen molar-refractivity contribution in [2.24, 2.45) is 0 Å². The molecule has 0 aliphatic rings. The summed E-state index contributed by atoms with van der Waals surface area (Å²) in [5, 5.41) is 0. The monoisotopic (exact) mass is 311 g/mol. The summed E-state index contributed by atoms with van der Waals surface area (Å²) in [6.07, 6.45) is 21.2. The van der Waals surface area contributed by atoms with Gasteiger partial charge in [-0.15, -0.1) is 0 Å². The van der Waals surface area contributed by atoms with Gasteiger partial charge in [0.1, 0.15) is 0 Å². The molecule has 0 aliphatic heterocycles. The molecule has 0 bridgehead atoms. The van der Waals surface area contributed by atoms with Gasteiger partial charge in [0, 0.05) is 28.6 Å². The van der Waals surface area contributed by atoms with E-state index in [1.165, 1.54) is 41.8 Å². The molecule has 126 valence electrons. The molecule has 0 aromatic carbocycles. The normalized spacial score (nSPS) is 14.2. The van der Waals surface area contributed by atoms with Gasteiger partial charge in [-0.3, -0.25) is 0 Å². The first-order valence-corrected chi connectivity index (χ1v) is 8.95. The highest BCUT2D eigenvalue weighted by atomic mass is 15.0. The lowest BCUT2D eigenvalue weighted by Gasteiger charge is -2.19. The lowest BCUT2D eigenvalue weighted by atomic mass is 10.1. The van der Waals surface area contributed by atoms with Gasteiger partial charge in [-0.1, -0.05) is 56.2 Å². The highest BCUT2D eigenvalue weighted by molar-refractivity contribution is 5.79. The highest BCUT2D eigenvalue weighted by Gasteiger charge is 2.19. The second-order valence-corrected chi connectivity index (χ2v) is 5.96. The maximum absolute atomic E-state index is 2.51. The smallest absolute Gasteiger partial charge is 0.0490 e. The second kappa shape index (κ2) is 10.1. The summed E-state index contributed by atoms with van der Waals surface area (Å²) in [6.45, 7) is 13.0. The van der Waals surface area contributed by atoms with Gasteiger partial charge in [0.2, 0.25) is 0 Å². The Morgan fingerprint density at radius 3 is 1.57 bits per heavy atom. The van der Waals surface area contributed by atoms with E-state index in [9.17, 15) is 0 Å². The van der Waals surface area contributed by atoms with Crippen molar-refractivity contribution >= 4 is 24.3 Å². The average molecular weight is 312 g/mol. The van der Waals surface area contributed by atoms with Gasteiger partial charge >= 0.3 is 0 Å². The summed E-state index contributed by atoms with van der Waals surface area (Å²) < 4.78 is 2.51. The lowest BCUT2D eigenvalue weighted by Crippen LogP contribution is -2.09. The van der Waals surface area contributed by atoms with E-state index in [2.05, 4.69) is 94.7 Å². The molecule has 1 rings (SSSR count). The molecule has 0 saturated carbocycles. The van der Waals surface area contributed by atoms with Crippen LogP contribution in [-0.4, -0.2) is 4.57 Å². The summed E-state index contributed by atoms with van der Waals surface area (Å²) >= 11 is 0. The summed E-state index contributed by atoms with van der Waals surface area (Å²) in [5.41, 5.74) is 5.27. The molecule has 0 saturated heterocycles. The molecule has 1 aromatic rings. The minimum Gasteiger partial charge on any atom is -0.338 e. The van der Waals surface area contributed by atoms with E-state index in [1.54, 1.807) is 0 Å². The van der Waals surface area contributed by atoms with Gasteiger partial charge in [0.05, 0.1) is 0 Å². The van der Waals surface area contributed by atoms with E-state index in [1.807, 2.05) is 0 Å². The Morgan fingerprint density at radius 1 is 0.783 bits per heavy atom. The number of allylic oxidation sites excluding steroid dienone is 4. The molecule has 1 heteroatoms. The Balaban J connectivity index is 3.70. The molecule has 0 N–H and O–H groups in total. The van der Waals surface area contributed by atoms with Crippen LogP contribution in [0.2, 0.25) is 0 Å². The summed E-state index contributed by atoms with van der Waals surface area (Å²) in [5.74, 6) is 0. The fourth-order valence-corrected chi connectivity index (χ4v) is 3.11. The third-order valence-corrected chi connectivity index (χ3v) is 4.09. The minimum atomic E-state index is 0.496. The molecular formula is C22H33N. The van der Waals surface area contributed by atoms with Crippen LogP contribution in [-0.2, 0) is 0 Å². The van der Waals surface area contributed by atoms with Gasteiger partial charge in [-0.05, 0) is 53.2 Å². The van der Waals surface area contributed by atoms with E-state index < -0.39 is 0 Å². The first-order valence-electron chi connectivity index (χ1n) is 8.95. The Bertz CT molecular complexity index is 548. The van der Waals surface area contributed by atoms with Crippen LogP contribution in [0.4, 0.5) is 0 Å². The Kier molecular flexibility index (Phi) is 8.47. The summed E-state index contributed by atoms with van der Waals surface area (Å²) in [6, 6.07) is 0.496. The Morgan fingerprint density at radius 2 is 1.22 bits per heavy atom. The van der Waals surface area contributed by atoms with Crippen LogP contribution < -0.4 is 0 Å². The van der Waals surface area contributed by atoms with E-state index in [-0.39, 0.29) is 0 Å². The third kappa shape index (κ3) is 4.60. The summed E-state index contributed by atoms with van der Waals surface area (Å²) in [7, 11) is 0. The molecule has 0 radical (unpaired) electrons. The van der Waals surface area contributed by atoms with Crippen LogP contribution in [0.3, 0.4) is 0 Å². The van der Waals surface area contributed by atoms with Crippen LogP contribution in [0, 0.1) is 0 Å². The number of unbranched alkanes of at least 4 members (excludes halogenated alkanes) is 1. The number of nitrogens with zero attached hydrogens (tertiary/aromatic N) is 1. The van der Waals surface area contributed by atoms with Crippen molar-refractivity contribution in [1.82, 2.24) is 4.57 Å². The molecule has 1 atom stereocenters. The van der Waals surface area contributed by atoms with Crippen molar-refractivity contribution in [2.75, 3.05) is 0 Å². The second-order valence-electron chi connectivity index (χ2n) is 5.96. The summed E-state index contributed by atoms with van der Waals surface area (Å²) in [4.78, 5) is 0. The van der Waals surface area contributed by atoms with Gasteiger partial charge in [-0.2, -0.15) is 0 Å². The van der Waals surface area contributed by atoms with Crippen molar-refractivity contribution < 1.29 is 0 Å². The predicted octanol–water partition coefficient (Wildman–Crippen LogP) is 7.37. The Hall–Kier alpha value is -1.76. The third-order valence-electron chi connectivity index (χ3n) is 4.09. The van der Waals surface area contributed by atoms with Gasteiger partial charge in [0.15, 0.2) is 0 Å². The molecule has 0 fully saturated rings. The van der Waals surface area contributed by atoms with E-state index in [0.29, 0.717) is 6.04 Å². The van der Waals surface area contributed by atoms with Crippen LogP contribution in [0.5, 0.6) is 0 Å². The molecule has 1 aromatic heterocycles. The van der Waals surface area contributed by atoms with Crippen LogP contribution in [0.15, 0.2) is 24.3 Å². The molecule has 23 heavy (non-hydrogen) atoms. The minimum absolute atomic E-state index is 0.496. The van der Waals surface area contributed by atoms with E-state index >= 15 is 0 Å². The standard InChI is InChI=1S/C22H33N/c1-7-12-17-18(6)23-21(15-10-4)19(13-8-2)20(14-9-3)22(23)16-11-5/h8-11,13-16,18H,7,12,17H2,1-6H3/b13-8-,14-9-,15-10-,16-11-. The van der Waals surface area contributed by atoms with Gasteiger partial charge in [0.25, 0.3) is 0 Å². The zero-order chi connectivity index (χ0) is 17.2. The molecule has 1 unspecified atom stereocenters. The van der Waals surface area contributed by atoms with E-state index in [0.717, 1.165) is 0 Å². The first-order chi connectivity index (χ1) is 11.2. The zero-order valence-corrected chi connectivity index (χ0v) is 15.8.